The standard InChI is InChI=1S/C33H33.C13H19.C12H10.2ClH.Zr/c1-32(2,3)30-20-26-24(18-28(30)22-13-9-7-10-14-22)17-25-19-29(23-15-11-8-12-16-23)31(21-27(25)26)33(4,5)6;1-11-6-7-12(10-11)13(2)8-4-3-5-9-13;1-2-10-7-8-11-5-3-4-6-12(11)9-10;;;/h7-16,18,20-21H,17H2,1-6H3;7,10-11H,3-5,8-9H2,1-2H3;3-9H,1H3;2*1H;/q2*-1;;;;+2/p-2. The molecular weight excluding hydrogens is 859 g/mol. The summed E-state index contributed by atoms with van der Waals surface area (Å²) in [5.74, 6) is 0.550. The Kier molecular flexibility index (Phi) is 16.1. The molecule has 3 aliphatic rings. The molecule has 6 aromatic rings. The summed E-state index contributed by atoms with van der Waals surface area (Å²) in [6.07, 6.45) is 16.0. The molecule has 314 valence electrons. The van der Waals surface area contributed by atoms with Gasteiger partial charge in [-0.1, -0.05) is 188 Å². The van der Waals surface area contributed by atoms with Crippen LogP contribution in [0.15, 0.2) is 139 Å². The molecule has 0 spiro atoms. The van der Waals surface area contributed by atoms with Crippen LogP contribution in [0.3, 0.4) is 0 Å². The van der Waals surface area contributed by atoms with Crippen LogP contribution in [0, 0.1) is 23.5 Å². The molecule has 0 N–H and O–H groups in total. The molecule has 6 aromatic carbocycles. The second-order valence-electron chi connectivity index (χ2n) is 19.4. The van der Waals surface area contributed by atoms with E-state index in [0.29, 0.717) is 11.3 Å². The van der Waals surface area contributed by atoms with Crippen LogP contribution in [-0.2, 0) is 41.5 Å². The van der Waals surface area contributed by atoms with E-state index < -0.39 is 0 Å². The molecular formula is C58H62Cl2Zr-2. The minimum absolute atomic E-state index is 0. The molecule has 1 unspecified atom stereocenters. The zero-order valence-electron chi connectivity index (χ0n) is 37.8. The number of hydrogen-bond acceptors (Lipinski definition) is 0. The van der Waals surface area contributed by atoms with Crippen molar-refractivity contribution < 1.29 is 49.0 Å². The Morgan fingerprint density at radius 2 is 1.21 bits per heavy atom. The second-order valence-corrected chi connectivity index (χ2v) is 21.3. The van der Waals surface area contributed by atoms with Crippen molar-refractivity contribution in [3.05, 3.63) is 179 Å². The van der Waals surface area contributed by atoms with Crippen molar-refractivity contribution in [2.45, 2.75) is 112 Å². The van der Waals surface area contributed by atoms with Crippen molar-refractivity contribution in [2.75, 3.05) is 0 Å². The largest absolute Gasteiger partial charge is 1.00 e. The summed E-state index contributed by atoms with van der Waals surface area (Å²) in [6.45, 7) is 20.7. The molecule has 1 atom stereocenters. The molecule has 1 fully saturated rings. The normalized spacial score (nSPS) is 16.0. The summed E-state index contributed by atoms with van der Waals surface area (Å²) in [6, 6.07) is 48.0. The Morgan fingerprint density at radius 3 is 1.79 bits per heavy atom. The Bertz CT molecular complexity index is 2400. The molecule has 0 aromatic heterocycles. The minimum atomic E-state index is 0. The van der Waals surface area contributed by atoms with E-state index in [1.165, 1.54) is 132 Å². The molecule has 3 aliphatic carbocycles. The summed E-state index contributed by atoms with van der Waals surface area (Å²) >= 11 is 1.50. The van der Waals surface area contributed by atoms with Crippen LogP contribution in [-0.4, -0.2) is 3.21 Å². The summed E-state index contributed by atoms with van der Waals surface area (Å²) in [5.41, 5.74) is 16.9. The average molecular weight is 921 g/mol. The van der Waals surface area contributed by atoms with Crippen LogP contribution in [0.25, 0.3) is 44.2 Å². The quantitative estimate of drug-likeness (QED) is 0.155. The fourth-order valence-corrected chi connectivity index (χ4v) is 9.49. The SMILES string of the molecule is CC(C)(C)c1cc2c([c-]c1-c1ccccc1)Cc1cc(-c3ccccc3)c(C(C)(C)C)cc1-2.CC1[C-]=CC(C2(C)CCCCC2)=C1.C[C](=[Zr+2])c1ccc2ccccc2c1.[Cl-].[Cl-]. The van der Waals surface area contributed by atoms with E-state index in [1.54, 1.807) is 5.57 Å². The van der Waals surface area contributed by atoms with Crippen LogP contribution < -0.4 is 24.8 Å². The predicted molar refractivity (Wildman–Crippen MR) is 252 cm³/mol. The van der Waals surface area contributed by atoms with Crippen molar-refractivity contribution in [3.63, 3.8) is 0 Å². The van der Waals surface area contributed by atoms with Crippen LogP contribution in [0.5, 0.6) is 0 Å². The van der Waals surface area contributed by atoms with E-state index in [0.717, 1.165) is 6.42 Å². The molecule has 9 rings (SSSR count). The van der Waals surface area contributed by atoms with Gasteiger partial charge < -0.3 is 24.8 Å². The molecule has 0 heterocycles. The third kappa shape index (κ3) is 11.3. The Morgan fingerprint density at radius 1 is 0.639 bits per heavy atom. The van der Waals surface area contributed by atoms with Gasteiger partial charge in [0.15, 0.2) is 0 Å². The number of halogens is 2. The maximum Gasteiger partial charge on any atom is -1.00 e. The summed E-state index contributed by atoms with van der Waals surface area (Å²) in [4.78, 5) is 0. The Labute approximate surface area is 395 Å². The smallest absolute Gasteiger partial charge is 1.00 e. The molecule has 0 nitrogen and oxygen atoms in total. The second kappa shape index (κ2) is 20.3. The molecule has 3 heteroatoms. The van der Waals surface area contributed by atoms with Gasteiger partial charge in [-0.05, 0) is 39.5 Å². The maximum absolute atomic E-state index is 3.88. The van der Waals surface area contributed by atoms with Gasteiger partial charge in [0.05, 0.1) is 0 Å². The average Bonchev–Trinajstić information content (AvgIpc) is 3.83. The van der Waals surface area contributed by atoms with Gasteiger partial charge in [0, 0.05) is 0 Å². The molecule has 0 saturated heterocycles. The van der Waals surface area contributed by atoms with E-state index in [9.17, 15) is 0 Å². The van der Waals surface area contributed by atoms with Crippen molar-refractivity contribution in [1.29, 1.82) is 0 Å². The first-order chi connectivity index (χ1) is 28.1. The van der Waals surface area contributed by atoms with Crippen molar-refractivity contribution >= 4 is 14.0 Å². The van der Waals surface area contributed by atoms with Gasteiger partial charge in [-0.3, -0.25) is 6.08 Å². The first kappa shape index (κ1) is 48.4. The molecule has 0 amide bonds. The van der Waals surface area contributed by atoms with Crippen molar-refractivity contribution in [1.82, 2.24) is 0 Å². The molecule has 61 heavy (non-hydrogen) atoms. The number of fused-ring (bicyclic) bond motifs is 4. The number of rotatable bonds is 4. The van der Waals surface area contributed by atoms with Crippen molar-refractivity contribution in [3.8, 4) is 33.4 Å². The third-order valence-electron chi connectivity index (χ3n) is 12.6. The fourth-order valence-electron chi connectivity index (χ4n) is 9.11. The molecule has 0 radical (unpaired) electrons. The zero-order valence-corrected chi connectivity index (χ0v) is 41.7. The maximum atomic E-state index is 3.88. The zero-order chi connectivity index (χ0) is 42.0. The van der Waals surface area contributed by atoms with Crippen LogP contribution >= 0.6 is 0 Å². The van der Waals surface area contributed by atoms with Gasteiger partial charge in [0.25, 0.3) is 0 Å². The van der Waals surface area contributed by atoms with Gasteiger partial charge >= 0.3 is 93.2 Å². The van der Waals surface area contributed by atoms with Crippen molar-refractivity contribution in [2.24, 2.45) is 11.3 Å². The van der Waals surface area contributed by atoms with Crippen LogP contribution in [0.1, 0.15) is 122 Å². The van der Waals surface area contributed by atoms with E-state index in [4.69, 9.17) is 0 Å². The summed E-state index contributed by atoms with van der Waals surface area (Å²) in [5, 5.41) is 2.66. The Balaban J connectivity index is 0.000000206. The fraction of sp³-hybridized carbons (Fsp3) is 0.328. The van der Waals surface area contributed by atoms with E-state index in [2.05, 4.69) is 208 Å². The Hall–Kier alpha value is -3.61. The topological polar surface area (TPSA) is 0 Å². The van der Waals surface area contributed by atoms with E-state index >= 15 is 0 Å². The first-order valence-corrected chi connectivity index (χ1v) is 23.1. The first-order valence-electron chi connectivity index (χ1n) is 21.8. The minimum Gasteiger partial charge on any atom is -1.00 e. The van der Waals surface area contributed by atoms with Gasteiger partial charge in [-0.25, -0.2) is 6.08 Å². The van der Waals surface area contributed by atoms with Gasteiger partial charge in [-0.2, -0.15) is 11.6 Å². The monoisotopic (exact) mass is 918 g/mol. The number of hydrogen-bond donors (Lipinski definition) is 0. The third-order valence-corrected chi connectivity index (χ3v) is 13.3. The molecule has 1 saturated carbocycles. The van der Waals surface area contributed by atoms with E-state index in [1.807, 2.05) is 0 Å². The predicted octanol–water partition coefficient (Wildman–Crippen LogP) is 9.81. The number of benzene rings is 6. The van der Waals surface area contributed by atoms with E-state index in [-0.39, 0.29) is 35.6 Å². The van der Waals surface area contributed by atoms with Crippen LogP contribution in [0.2, 0.25) is 0 Å². The van der Waals surface area contributed by atoms with Gasteiger partial charge in [0.2, 0.25) is 0 Å². The van der Waals surface area contributed by atoms with Gasteiger partial charge in [0.1, 0.15) is 0 Å². The molecule has 0 bridgehead atoms. The number of allylic oxidation sites excluding steroid dienone is 4. The van der Waals surface area contributed by atoms with Gasteiger partial charge in [-0.15, -0.1) is 28.8 Å². The molecule has 0 aliphatic heterocycles. The summed E-state index contributed by atoms with van der Waals surface area (Å²) in [7, 11) is 0. The summed E-state index contributed by atoms with van der Waals surface area (Å²) < 4.78 is 1.46. The van der Waals surface area contributed by atoms with Crippen LogP contribution in [0.4, 0.5) is 0 Å².